The van der Waals surface area contributed by atoms with Crippen molar-refractivity contribution in [1.82, 2.24) is 15.1 Å². The van der Waals surface area contributed by atoms with Crippen LogP contribution in [0.1, 0.15) is 20.3 Å². The minimum absolute atomic E-state index is 0.100. The van der Waals surface area contributed by atoms with Crippen molar-refractivity contribution in [3.05, 3.63) is 0 Å². The van der Waals surface area contributed by atoms with Crippen LogP contribution in [0.4, 0.5) is 0 Å². The summed E-state index contributed by atoms with van der Waals surface area (Å²) in [5.41, 5.74) is 0. The van der Waals surface area contributed by atoms with Crippen LogP contribution in [0.15, 0.2) is 0 Å². The normalized spacial score (nSPS) is 20.6. The van der Waals surface area contributed by atoms with Gasteiger partial charge in [-0.1, -0.05) is 13.8 Å². The summed E-state index contributed by atoms with van der Waals surface area (Å²) in [6.45, 7) is 9.70. The van der Waals surface area contributed by atoms with Gasteiger partial charge in [0.1, 0.15) is 0 Å². The minimum Gasteiger partial charge on any atom is -0.341 e. The van der Waals surface area contributed by atoms with E-state index in [4.69, 9.17) is 0 Å². The van der Waals surface area contributed by atoms with Gasteiger partial charge in [0.25, 0.3) is 0 Å². The van der Waals surface area contributed by atoms with Gasteiger partial charge in [-0.2, -0.15) is 0 Å². The molecule has 1 N–H and O–H groups in total. The summed E-state index contributed by atoms with van der Waals surface area (Å²) in [6.07, 6.45) is 1.09. The molecule has 1 saturated heterocycles. The van der Waals surface area contributed by atoms with Gasteiger partial charge in [0, 0.05) is 32.1 Å². The largest absolute Gasteiger partial charge is 0.341 e. The maximum Gasteiger partial charge on any atom is 0.226 e. The lowest BCUT2D eigenvalue weighted by Crippen LogP contribution is -2.40. The molecule has 1 aliphatic heterocycles. The van der Waals surface area contributed by atoms with E-state index in [9.17, 15) is 4.79 Å². The Hall–Kier alpha value is -0.610. The van der Waals surface area contributed by atoms with Crippen molar-refractivity contribution in [3.63, 3.8) is 0 Å². The second kappa shape index (κ2) is 6.86. The highest BCUT2D eigenvalue weighted by molar-refractivity contribution is 5.78. The van der Waals surface area contributed by atoms with Crippen molar-refractivity contribution < 1.29 is 4.79 Å². The lowest BCUT2D eigenvalue weighted by Gasteiger charge is -2.24. The number of hydrogen-bond acceptors (Lipinski definition) is 3. The van der Waals surface area contributed by atoms with Crippen molar-refractivity contribution in [2.45, 2.75) is 20.3 Å². The summed E-state index contributed by atoms with van der Waals surface area (Å²) in [5, 5.41) is 3.23. The number of nitrogens with one attached hydrogen (secondary N) is 1. The van der Waals surface area contributed by atoms with Crippen LogP contribution in [0, 0.1) is 5.92 Å². The fraction of sp³-hybridized carbons (Fsp3) is 0.917. The molecule has 1 aliphatic rings. The van der Waals surface area contributed by atoms with Gasteiger partial charge in [-0.15, -0.1) is 0 Å². The highest BCUT2D eigenvalue weighted by atomic mass is 16.2. The predicted octanol–water partition coefficient (Wildman–Crippen LogP) is 0.396. The van der Waals surface area contributed by atoms with Gasteiger partial charge in [0.2, 0.25) is 5.91 Å². The second-order valence-corrected chi connectivity index (χ2v) is 4.69. The molecule has 1 fully saturated rings. The van der Waals surface area contributed by atoms with Crippen LogP contribution < -0.4 is 5.32 Å². The van der Waals surface area contributed by atoms with E-state index in [1.54, 1.807) is 0 Å². The number of likely N-dealkylation sites (N-methyl/N-ethyl adjacent to an activating group) is 1. The van der Waals surface area contributed by atoms with Crippen LogP contribution >= 0.6 is 0 Å². The fourth-order valence-corrected chi connectivity index (χ4v) is 2.03. The standard InChI is InChI=1S/C12H25N3O/c1-4-13-10-11(2)12(16)15-7-5-6-14(3)8-9-15/h11,13H,4-10H2,1-3H3. The summed E-state index contributed by atoms with van der Waals surface area (Å²) >= 11 is 0. The molecular formula is C12H25N3O. The Bertz CT molecular complexity index is 220. The maximum absolute atomic E-state index is 12.1. The molecule has 0 aromatic rings. The Kier molecular flexibility index (Phi) is 5.77. The molecule has 0 saturated carbocycles. The van der Waals surface area contributed by atoms with Crippen molar-refractivity contribution in [2.75, 3.05) is 46.3 Å². The Labute approximate surface area is 99.0 Å². The quantitative estimate of drug-likeness (QED) is 0.755. The Balaban J connectivity index is 2.39. The molecule has 94 valence electrons. The fourth-order valence-electron chi connectivity index (χ4n) is 2.03. The summed E-state index contributed by atoms with van der Waals surface area (Å²) in [4.78, 5) is 16.4. The smallest absolute Gasteiger partial charge is 0.226 e. The first-order valence-electron chi connectivity index (χ1n) is 6.33. The van der Waals surface area contributed by atoms with Gasteiger partial charge < -0.3 is 15.1 Å². The van der Waals surface area contributed by atoms with Crippen LogP contribution in [0.3, 0.4) is 0 Å². The molecule has 4 nitrogen and oxygen atoms in total. The highest BCUT2D eigenvalue weighted by Crippen LogP contribution is 2.06. The maximum atomic E-state index is 12.1. The second-order valence-electron chi connectivity index (χ2n) is 4.69. The van der Waals surface area contributed by atoms with E-state index < -0.39 is 0 Å². The number of carbonyl (C=O) groups is 1. The van der Waals surface area contributed by atoms with Crippen LogP contribution in [-0.2, 0) is 4.79 Å². The number of nitrogens with zero attached hydrogens (tertiary/aromatic N) is 2. The van der Waals surface area contributed by atoms with Crippen LogP contribution in [0.25, 0.3) is 0 Å². The van der Waals surface area contributed by atoms with Crippen molar-refractivity contribution in [2.24, 2.45) is 5.92 Å². The summed E-state index contributed by atoms with van der Waals surface area (Å²) in [5.74, 6) is 0.402. The van der Waals surface area contributed by atoms with E-state index in [-0.39, 0.29) is 5.92 Å². The lowest BCUT2D eigenvalue weighted by atomic mass is 10.1. The molecule has 0 bridgehead atoms. The lowest BCUT2D eigenvalue weighted by molar-refractivity contribution is -0.134. The summed E-state index contributed by atoms with van der Waals surface area (Å²) < 4.78 is 0. The topological polar surface area (TPSA) is 35.6 Å². The zero-order valence-corrected chi connectivity index (χ0v) is 10.8. The monoisotopic (exact) mass is 227 g/mol. The predicted molar refractivity (Wildman–Crippen MR) is 66.4 cm³/mol. The van der Waals surface area contributed by atoms with Crippen LogP contribution in [-0.4, -0.2) is 62.0 Å². The summed E-state index contributed by atoms with van der Waals surface area (Å²) in [6, 6.07) is 0. The van der Waals surface area contributed by atoms with E-state index in [2.05, 4.69) is 24.2 Å². The third-order valence-corrected chi connectivity index (χ3v) is 3.15. The molecule has 0 aliphatic carbocycles. The molecule has 0 aromatic heterocycles. The summed E-state index contributed by atoms with van der Waals surface area (Å²) in [7, 11) is 2.12. The Morgan fingerprint density at radius 2 is 2.06 bits per heavy atom. The molecular weight excluding hydrogens is 202 g/mol. The highest BCUT2D eigenvalue weighted by Gasteiger charge is 2.21. The van der Waals surface area contributed by atoms with E-state index in [0.717, 1.165) is 45.7 Å². The Morgan fingerprint density at radius 1 is 1.31 bits per heavy atom. The molecule has 1 atom stereocenters. The number of amides is 1. The van der Waals surface area contributed by atoms with Gasteiger partial charge >= 0.3 is 0 Å². The molecule has 0 spiro atoms. The molecule has 0 aromatic carbocycles. The first-order chi connectivity index (χ1) is 7.65. The van der Waals surface area contributed by atoms with E-state index in [1.165, 1.54) is 0 Å². The SMILES string of the molecule is CCNCC(C)C(=O)N1CCCN(C)CC1. The van der Waals surface area contributed by atoms with Crippen molar-refractivity contribution >= 4 is 5.91 Å². The number of carbonyl (C=O) groups excluding carboxylic acids is 1. The van der Waals surface area contributed by atoms with Crippen LogP contribution in [0.2, 0.25) is 0 Å². The molecule has 4 heteroatoms. The molecule has 16 heavy (non-hydrogen) atoms. The van der Waals surface area contributed by atoms with Gasteiger partial charge in [0.15, 0.2) is 0 Å². The van der Waals surface area contributed by atoms with Gasteiger partial charge in [-0.25, -0.2) is 0 Å². The van der Waals surface area contributed by atoms with Gasteiger partial charge in [-0.3, -0.25) is 4.79 Å². The number of hydrogen-bond donors (Lipinski definition) is 1. The van der Waals surface area contributed by atoms with E-state index in [1.807, 2.05) is 11.8 Å². The average molecular weight is 227 g/mol. The van der Waals surface area contributed by atoms with Gasteiger partial charge in [-0.05, 0) is 26.6 Å². The average Bonchev–Trinajstić information content (AvgIpc) is 2.50. The third-order valence-electron chi connectivity index (χ3n) is 3.15. The zero-order valence-electron chi connectivity index (χ0n) is 10.8. The number of rotatable bonds is 4. The molecule has 1 heterocycles. The first-order valence-corrected chi connectivity index (χ1v) is 6.33. The first kappa shape index (κ1) is 13.5. The van der Waals surface area contributed by atoms with Crippen LogP contribution in [0.5, 0.6) is 0 Å². The van der Waals surface area contributed by atoms with Crippen molar-refractivity contribution in [1.29, 1.82) is 0 Å². The molecule has 1 rings (SSSR count). The Morgan fingerprint density at radius 3 is 2.75 bits per heavy atom. The van der Waals surface area contributed by atoms with Gasteiger partial charge in [0.05, 0.1) is 0 Å². The van der Waals surface area contributed by atoms with Crippen molar-refractivity contribution in [3.8, 4) is 0 Å². The molecule has 0 radical (unpaired) electrons. The third kappa shape index (κ3) is 4.10. The zero-order chi connectivity index (χ0) is 12.0. The van der Waals surface area contributed by atoms with E-state index in [0.29, 0.717) is 5.91 Å². The molecule has 1 amide bonds. The molecule has 1 unspecified atom stereocenters. The van der Waals surface area contributed by atoms with E-state index >= 15 is 0 Å². The minimum atomic E-state index is 0.100.